The van der Waals surface area contributed by atoms with Crippen molar-refractivity contribution in [2.24, 2.45) is 5.92 Å². The fraction of sp³-hybridized carbons (Fsp3) is 0.682. The van der Waals surface area contributed by atoms with Gasteiger partial charge in [-0.3, -0.25) is 9.69 Å². The average molecular weight is 452 g/mol. The maximum absolute atomic E-state index is 13.0. The highest BCUT2D eigenvalue weighted by atomic mass is 32.2. The third kappa shape index (κ3) is 5.22. The fourth-order valence-corrected chi connectivity index (χ4v) is 6.19. The van der Waals surface area contributed by atoms with Crippen molar-refractivity contribution in [2.75, 3.05) is 59.5 Å². The molecule has 0 spiro atoms. The molecule has 0 N–H and O–H groups in total. The summed E-state index contributed by atoms with van der Waals surface area (Å²) in [5.74, 6) is 0.712. The average Bonchev–Trinajstić information content (AvgIpc) is 3.32. The number of methoxy groups -OCH3 is 1. The minimum Gasteiger partial charge on any atom is -0.497 e. The van der Waals surface area contributed by atoms with Crippen LogP contribution in [-0.4, -0.2) is 94.1 Å². The standard InChI is InChI=1S/C22H33N3O5S/c1-29-19-4-6-21(7-5-19)31(27,28)25-10-8-18(9-11-25)22(26)24-14-12-23(13-15-24)17-20-3-2-16-30-20/h4-7,18,20H,2-3,8-17H2,1H3. The van der Waals surface area contributed by atoms with Gasteiger partial charge in [-0.15, -0.1) is 0 Å². The molecule has 0 radical (unpaired) electrons. The van der Waals surface area contributed by atoms with Crippen LogP contribution in [0, 0.1) is 5.92 Å². The van der Waals surface area contributed by atoms with Gasteiger partial charge < -0.3 is 14.4 Å². The number of benzene rings is 1. The van der Waals surface area contributed by atoms with Crippen LogP contribution in [-0.2, 0) is 19.6 Å². The molecule has 1 amide bonds. The van der Waals surface area contributed by atoms with Crippen LogP contribution < -0.4 is 4.74 Å². The summed E-state index contributed by atoms with van der Waals surface area (Å²) >= 11 is 0. The smallest absolute Gasteiger partial charge is 0.243 e. The normalized spacial score (nSPS) is 24.4. The van der Waals surface area contributed by atoms with Gasteiger partial charge in [-0.1, -0.05) is 0 Å². The van der Waals surface area contributed by atoms with Crippen LogP contribution in [0.15, 0.2) is 29.2 Å². The lowest BCUT2D eigenvalue weighted by atomic mass is 9.96. The Kier molecular flexibility index (Phi) is 7.15. The largest absolute Gasteiger partial charge is 0.497 e. The molecule has 3 aliphatic heterocycles. The van der Waals surface area contributed by atoms with E-state index in [1.54, 1.807) is 31.4 Å². The molecular weight excluding hydrogens is 418 g/mol. The summed E-state index contributed by atoms with van der Waals surface area (Å²) in [5.41, 5.74) is 0. The number of nitrogens with zero attached hydrogens (tertiary/aromatic N) is 3. The highest BCUT2D eigenvalue weighted by molar-refractivity contribution is 7.89. The molecule has 0 saturated carbocycles. The van der Waals surface area contributed by atoms with Gasteiger partial charge in [0.15, 0.2) is 0 Å². The first-order valence-electron chi connectivity index (χ1n) is 11.2. The van der Waals surface area contributed by atoms with Crippen LogP contribution in [0.1, 0.15) is 25.7 Å². The molecule has 1 aromatic carbocycles. The summed E-state index contributed by atoms with van der Waals surface area (Å²) in [6.07, 6.45) is 3.78. The topological polar surface area (TPSA) is 79.4 Å². The van der Waals surface area contributed by atoms with Crippen LogP contribution in [0.5, 0.6) is 5.75 Å². The molecule has 9 heteroatoms. The molecule has 172 valence electrons. The van der Waals surface area contributed by atoms with E-state index < -0.39 is 10.0 Å². The maximum atomic E-state index is 13.0. The van der Waals surface area contributed by atoms with E-state index >= 15 is 0 Å². The molecule has 3 heterocycles. The first-order valence-corrected chi connectivity index (χ1v) is 12.7. The maximum Gasteiger partial charge on any atom is 0.243 e. The quantitative estimate of drug-likeness (QED) is 0.651. The number of hydrogen-bond donors (Lipinski definition) is 0. The van der Waals surface area contributed by atoms with E-state index in [2.05, 4.69) is 4.90 Å². The molecule has 3 saturated heterocycles. The van der Waals surface area contributed by atoms with Crippen LogP contribution in [0.2, 0.25) is 0 Å². The summed E-state index contributed by atoms with van der Waals surface area (Å²) < 4.78 is 38.2. The van der Waals surface area contributed by atoms with E-state index in [4.69, 9.17) is 9.47 Å². The second-order valence-corrected chi connectivity index (χ2v) is 10.6. The Morgan fingerprint density at radius 2 is 1.71 bits per heavy atom. The van der Waals surface area contributed by atoms with E-state index in [1.807, 2.05) is 4.90 Å². The number of carbonyl (C=O) groups excluding carboxylic acids is 1. The van der Waals surface area contributed by atoms with E-state index in [-0.39, 0.29) is 16.7 Å². The molecule has 1 aromatic rings. The van der Waals surface area contributed by atoms with Crippen LogP contribution >= 0.6 is 0 Å². The zero-order valence-electron chi connectivity index (χ0n) is 18.2. The van der Waals surface area contributed by atoms with Crippen molar-refractivity contribution in [2.45, 2.75) is 36.7 Å². The second kappa shape index (κ2) is 9.85. The summed E-state index contributed by atoms with van der Waals surface area (Å²) in [6.45, 7) is 5.85. The van der Waals surface area contributed by atoms with Crippen molar-refractivity contribution in [3.05, 3.63) is 24.3 Å². The molecular formula is C22H33N3O5S. The first-order chi connectivity index (χ1) is 15.0. The minimum atomic E-state index is -3.55. The van der Waals surface area contributed by atoms with Gasteiger partial charge in [-0.2, -0.15) is 4.31 Å². The summed E-state index contributed by atoms with van der Waals surface area (Å²) in [6, 6.07) is 6.45. The Bertz CT molecular complexity index is 838. The predicted octanol–water partition coefficient (Wildman–Crippen LogP) is 1.42. The minimum absolute atomic E-state index is 0.0907. The molecule has 1 atom stereocenters. The van der Waals surface area contributed by atoms with Crippen LogP contribution in [0.25, 0.3) is 0 Å². The SMILES string of the molecule is COc1ccc(S(=O)(=O)N2CCC(C(=O)N3CCN(CC4CCCO4)CC3)CC2)cc1. The number of piperidine rings is 1. The summed E-state index contributed by atoms with van der Waals surface area (Å²) in [4.78, 5) is 17.6. The number of hydrogen-bond acceptors (Lipinski definition) is 6. The van der Waals surface area contributed by atoms with E-state index in [9.17, 15) is 13.2 Å². The van der Waals surface area contributed by atoms with Crippen molar-refractivity contribution in [1.82, 2.24) is 14.1 Å². The van der Waals surface area contributed by atoms with Crippen molar-refractivity contribution >= 4 is 15.9 Å². The molecule has 1 unspecified atom stereocenters. The third-order valence-electron chi connectivity index (χ3n) is 6.67. The molecule has 3 fully saturated rings. The van der Waals surface area contributed by atoms with E-state index in [0.717, 1.165) is 52.2 Å². The van der Waals surface area contributed by atoms with Crippen molar-refractivity contribution in [3.8, 4) is 5.75 Å². The Hall–Kier alpha value is -1.68. The lowest BCUT2D eigenvalue weighted by Gasteiger charge is -2.38. The molecule has 0 aliphatic carbocycles. The van der Waals surface area contributed by atoms with Gasteiger partial charge in [0.05, 0.1) is 18.1 Å². The summed E-state index contributed by atoms with van der Waals surface area (Å²) in [5, 5.41) is 0. The molecule has 8 nitrogen and oxygen atoms in total. The van der Waals surface area contributed by atoms with E-state index in [0.29, 0.717) is 37.8 Å². The Balaban J connectivity index is 1.26. The zero-order valence-corrected chi connectivity index (χ0v) is 19.1. The number of sulfonamides is 1. The molecule has 4 rings (SSSR count). The zero-order chi connectivity index (χ0) is 21.8. The van der Waals surface area contributed by atoms with Gasteiger partial charge in [0.25, 0.3) is 0 Å². The van der Waals surface area contributed by atoms with Gasteiger partial charge in [0.1, 0.15) is 5.75 Å². The highest BCUT2D eigenvalue weighted by Gasteiger charge is 2.35. The van der Waals surface area contributed by atoms with Gasteiger partial charge in [0, 0.05) is 58.3 Å². The number of piperazine rings is 1. The number of carbonyl (C=O) groups is 1. The van der Waals surface area contributed by atoms with Gasteiger partial charge in [0.2, 0.25) is 15.9 Å². The van der Waals surface area contributed by atoms with Gasteiger partial charge in [-0.25, -0.2) is 8.42 Å². The number of rotatable bonds is 6. The number of amides is 1. The Morgan fingerprint density at radius 3 is 2.29 bits per heavy atom. The van der Waals surface area contributed by atoms with Gasteiger partial charge in [-0.05, 0) is 49.9 Å². The third-order valence-corrected chi connectivity index (χ3v) is 8.58. The Labute approximate surface area is 185 Å². The molecule has 0 bridgehead atoms. The van der Waals surface area contributed by atoms with E-state index in [1.165, 1.54) is 4.31 Å². The van der Waals surface area contributed by atoms with Crippen molar-refractivity contribution < 1.29 is 22.7 Å². The fourth-order valence-electron chi connectivity index (χ4n) is 4.73. The molecule has 0 aromatic heterocycles. The molecule has 3 aliphatic rings. The van der Waals surface area contributed by atoms with Crippen LogP contribution in [0.3, 0.4) is 0 Å². The van der Waals surface area contributed by atoms with Crippen molar-refractivity contribution in [1.29, 1.82) is 0 Å². The van der Waals surface area contributed by atoms with Crippen molar-refractivity contribution in [3.63, 3.8) is 0 Å². The van der Waals surface area contributed by atoms with Crippen LogP contribution in [0.4, 0.5) is 0 Å². The number of ether oxygens (including phenoxy) is 2. The first kappa shape index (κ1) is 22.5. The summed E-state index contributed by atoms with van der Waals surface area (Å²) in [7, 11) is -1.99. The molecule has 31 heavy (non-hydrogen) atoms. The van der Waals surface area contributed by atoms with Gasteiger partial charge >= 0.3 is 0 Å². The lowest BCUT2D eigenvalue weighted by molar-refractivity contribution is -0.138. The highest BCUT2D eigenvalue weighted by Crippen LogP contribution is 2.26. The predicted molar refractivity (Wildman–Crippen MR) is 116 cm³/mol. The monoisotopic (exact) mass is 451 g/mol. The Morgan fingerprint density at radius 1 is 1.03 bits per heavy atom. The second-order valence-electron chi connectivity index (χ2n) is 8.61. The lowest BCUT2D eigenvalue weighted by Crippen LogP contribution is -2.53.